The van der Waals surface area contributed by atoms with Gasteiger partial charge in [-0.25, -0.2) is 9.13 Å². The van der Waals surface area contributed by atoms with Crippen LogP contribution in [0.4, 0.5) is 0 Å². The van der Waals surface area contributed by atoms with E-state index in [4.69, 9.17) is 23.2 Å². The van der Waals surface area contributed by atoms with Crippen LogP contribution < -0.4 is 21.2 Å². The highest BCUT2D eigenvalue weighted by atomic mass is 79.9. The number of hydrogen-bond acceptors (Lipinski definition) is 0. The van der Waals surface area contributed by atoms with Crippen LogP contribution in [-0.4, -0.2) is 14.9 Å². The maximum Gasteiger partial charge on any atom is 0.238 e. The molecule has 1 aliphatic heterocycles. The molecule has 0 N–H and O–H groups in total. The molecule has 1 aliphatic rings. The van der Waals surface area contributed by atoms with E-state index in [9.17, 15) is 0 Å². The van der Waals surface area contributed by atoms with Gasteiger partial charge in [-0.1, -0.05) is 151 Å². The minimum Gasteiger partial charge on any atom is -0.328 e. The lowest BCUT2D eigenvalue weighted by atomic mass is 9.41. The molecule has 46 heavy (non-hydrogen) atoms. The fraction of sp³-hybridized carbons (Fsp3) is 0.325. The lowest BCUT2D eigenvalue weighted by Crippen LogP contribution is -2.71. The molecule has 6 rings (SSSR count). The van der Waals surface area contributed by atoms with Gasteiger partial charge in [-0.3, -0.25) is 0 Å². The number of nitrogens with zero attached hydrogens (tertiary/aromatic N) is 2. The quantitative estimate of drug-likeness (QED) is 0.0902. The zero-order valence-corrected chi connectivity index (χ0v) is 31.5. The van der Waals surface area contributed by atoms with Gasteiger partial charge in [0.1, 0.15) is 29.5 Å². The van der Waals surface area contributed by atoms with Crippen molar-refractivity contribution in [3.8, 4) is 22.5 Å². The van der Waals surface area contributed by atoms with Crippen LogP contribution in [-0.2, 0) is 0 Å². The SMILES string of the molecule is CC(C)c1cccc(C(C)C)c1-n1cc[n+](-c2c(C(C)C)cccc2C(C)C)c1[B-]1(Br)c2ccccc2-c2ccccc21.ClCCl. The number of halogens is 3. The van der Waals surface area contributed by atoms with Gasteiger partial charge in [0.2, 0.25) is 4.97 Å². The number of benzene rings is 4. The maximum atomic E-state index is 4.76. The Morgan fingerprint density at radius 2 is 1.00 bits per heavy atom. The summed E-state index contributed by atoms with van der Waals surface area (Å²) in [6, 6.07) is 31.8. The molecule has 0 unspecified atom stereocenters. The van der Waals surface area contributed by atoms with E-state index in [1.165, 1.54) is 61.4 Å². The number of fused-ring (bicyclic) bond motifs is 3. The molecule has 0 fully saturated rings. The lowest BCUT2D eigenvalue weighted by molar-refractivity contribution is -0.577. The molecule has 0 radical (unpaired) electrons. The van der Waals surface area contributed by atoms with Gasteiger partial charge < -0.3 is 15.8 Å². The molecule has 1 aromatic heterocycles. The van der Waals surface area contributed by atoms with Crippen molar-refractivity contribution in [1.82, 2.24) is 4.57 Å². The summed E-state index contributed by atoms with van der Waals surface area (Å²) in [7, 11) is 0. The second-order valence-electron chi connectivity index (χ2n) is 13.6. The summed E-state index contributed by atoms with van der Waals surface area (Å²) >= 11 is 14.1. The van der Waals surface area contributed by atoms with E-state index >= 15 is 0 Å². The van der Waals surface area contributed by atoms with Crippen molar-refractivity contribution in [2.75, 3.05) is 5.34 Å². The number of para-hydroxylation sites is 2. The van der Waals surface area contributed by atoms with Gasteiger partial charge in [0.25, 0.3) is 0 Å². The van der Waals surface area contributed by atoms with E-state index in [0.29, 0.717) is 23.7 Å². The van der Waals surface area contributed by atoms with Gasteiger partial charge in [-0.2, -0.15) is 10.9 Å². The lowest BCUT2D eigenvalue weighted by Gasteiger charge is -2.32. The minimum absolute atomic E-state index is 0.194. The third-order valence-electron chi connectivity index (χ3n) is 9.45. The van der Waals surface area contributed by atoms with Crippen molar-refractivity contribution in [3.63, 3.8) is 0 Å². The molecular weight excluding hydrogens is 670 g/mol. The summed E-state index contributed by atoms with van der Waals surface area (Å²) in [5, 5.41) is 0.194. The van der Waals surface area contributed by atoms with Crippen LogP contribution in [0.15, 0.2) is 97.3 Å². The number of imidazole rings is 1. The highest BCUT2D eigenvalue weighted by Crippen LogP contribution is 2.36. The van der Waals surface area contributed by atoms with E-state index in [1.807, 2.05) is 0 Å². The molecule has 0 saturated heterocycles. The Hall–Kier alpha value is -2.79. The van der Waals surface area contributed by atoms with Gasteiger partial charge in [0, 0.05) is 22.3 Å². The number of rotatable bonds is 7. The van der Waals surface area contributed by atoms with Gasteiger partial charge in [-0.15, -0.1) is 23.2 Å². The molecule has 0 atom stereocenters. The van der Waals surface area contributed by atoms with Crippen LogP contribution in [0, 0.1) is 0 Å². The molecule has 0 spiro atoms. The maximum absolute atomic E-state index is 4.76. The summed E-state index contributed by atoms with van der Waals surface area (Å²) in [5.74, 6) is 1.53. The fourth-order valence-electron chi connectivity index (χ4n) is 7.37. The summed E-state index contributed by atoms with van der Waals surface area (Å²) in [5.41, 5.74) is 14.7. The third kappa shape index (κ3) is 5.91. The first-order valence-corrected chi connectivity index (χ1v) is 18.5. The molecule has 2 nitrogen and oxygen atoms in total. The standard InChI is InChI=1S/C39H44BBrN2.CH2Cl2/c1-25(2)29-17-13-18-30(26(3)4)37(29)42-23-24-43(38-31(27(5)6)19-14-20-32(38)28(7)8)39(42)40(41)35-21-11-9-15-33(35)34-16-10-12-22-36(34)40;2-1-3/h9-28H,1-8H3;1H2. The normalized spacial score (nSPS) is 13.3. The summed E-state index contributed by atoms with van der Waals surface area (Å²) in [6.45, 7) is 18.6. The minimum atomic E-state index is -1.53. The van der Waals surface area contributed by atoms with E-state index < -0.39 is 4.97 Å². The summed E-state index contributed by atoms with van der Waals surface area (Å²) < 4.78 is 5.08. The molecule has 5 aromatic rings. The zero-order valence-electron chi connectivity index (χ0n) is 28.4. The Morgan fingerprint density at radius 1 is 0.609 bits per heavy atom. The molecule has 0 amide bonds. The Morgan fingerprint density at radius 3 is 1.41 bits per heavy atom. The highest BCUT2D eigenvalue weighted by molar-refractivity contribution is 9.27. The van der Waals surface area contributed by atoms with Crippen molar-refractivity contribution in [2.24, 2.45) is 0 Å². The van der Waals surface area contributed by atoms with E-state index in [1.54, 1.807) is 0 Å². The molecule has 4 aromatic carbocycles. The Kier molecular flexibility index (Phi) is 10.6. The van der Waals surface area contributed by atoms with Gasteiger partial charge in [0.05, 0.1) is 5.34 Å². The Labute approximate surface area is 294 Å². The average Bonchev–Trinajstić information content (AvgIpc) is 3.59. The largest absolute Gasteiger partial charge is 0.328 e. The van der Waals surface area contributed by atoms with Crippen LogP contribution in [0.1, 0.15) is 101 Å². The van der Waals surface area contributed by atoms with Crippen molar-refractivity contribution >= 4 is 60.6 Å². The predicted octanol–water partition coefficient (Wildman–Crippen LogP) is 10.0. The van der Waals surface area contributed by atoms with Crippen molar-refractivity contribution in [2.45, 2.75) is 79.1 Å². The van der Waals surface area contributed by atoms with Crippen molar-refractivity contribution in [1.29, 1.82) is 0 Å². The summed E-state index contributed by atoms with van der Waals surface area (Å²) in [6.07, 6.45) is 4.66. The molecule has 240 valence electrons. The first-order chi connectivity index (χ1) is 22.0. The van der Waals surface area contributed by atoms with Crippen molar-refractivity contribution in [3.05, 3.63) is 120 Å². The van der Waals surface area contributed by atoms with Crippen LogP contribution in [0.5, 0.6) is 0 Å². The monoisotopic (exact) mass is 714 g/mol. The number of aromatic nitrogens is 2. The average molecular weight is 716 g/mol. The van der Waals surface area contributed by atoms with Gasteiger partial charge >= 0.3 is 0 Å². The Bertz CT molecular complexity index is 1660. The van der Waals surface area contributed by atoms with Crippen molar-refractivity contribution < 1.29 is 4.57 Å². The molecule has 0 bridgehead atoms. The van der Waals surface area contributed by atoms with Gasteiger partial charge in [-0.05, 0) is 23.7 Å². The smallest absolute Gasteiger partial charge is 0.238 e. The highest BCUT2D eigenvalue weighted by Gasteiger charge is 2.46. The fourth-order valence-corrected chi connectivity index (χ4v) is 8.61. The first kappa shape index (κ1) is 34.5. The molecule has 2 heterocycles. The Balaban J connectivity index is 0.00000134. The van der Waals surface area contributed by atoms with Crippen LogP contribution >= 0.6 is 39.0 Å². The van der Waals surface area contributed by atoms with Crippen LogP contribution in [0.25, 0.3) is 22.5 Å². The molecule has 6 heteroatoms. The number of hydrogen-bond donors (Lipinski definition) is 0. The van der Waals surface area contributed by atoms with Gasteiger partial charge in [0.15, 0.2) is 0 Å². The third-order valence-corrected chi connectivity index (χ3v) is 10.8. The topological polar surface area (TPSA) is 8.81 Å². The second-order valence-corrected chi connectivity index (χ2v) is 15.8. The number of alkyl halides is 2. The first-order valence-electron chi connectivity index (χ1n) is 16.5. The van der Waals surface area contributed by atoms with E-state index in [0.717, 1.165) is 0 Å². The van der Waals surface area contributed by atoms with Crippen LogP contribution in [0.2, 0.25) is 0 Å². The second kappa shape index (κ2) is 14.1. The summed E-state index contributed by atoms with van der Waals surface area (Å²) in [4.78, 5) is -1.53. The molecule has 0 aliphatic carbocycles. The van der Waals surface area contributed by atoms with E-state index in [-0.39, 0.29) is 5.34 Å². The molecular formula is C40H46BBrCl2N2. The molecule has 0 saturated carbocycles. The zero-order chi connectivity index (χ0) is 33.3. The predicted molar refractivity (Wildman–Crippen MR) is 206 cm³/mol. The van der Waals surface area contributed by atoms with E-state index in [2.05, 4.69) is 178 Å². The van der Waals surface area contributed by atoms with Crippen LogP contribution in [0.3, 0.4) is 0 Å².